The van der Waals surface area contributed by atoms with Gasteiger partial charge in [0, 0.05) is 29.9 Å². The van der Waals surface area contributed by atoms with Crippen LogP contribution in [-0.4, -0.2) is 31.0 Å². The molecule has 1 heterocycles. The van der Waals surface area contributed by atoms with Gasteiger partial charge in [0.05, 0.1) is 12.1 Å². The number of anilines is 1. The van der Waals surface area contributed by atoms with Crippen LogP contribution >= 0.6 is 0 Å². The monoisotopic (exact) mass is 265 g/mol. The summed E-state index contributed by atoms with van der Waals surface area (Å²) in [5.41, 5.74) is 7.92. The molecule has 0 fully saturated rings. The zero-order valence-corrected chi connectivity index (χ0v) is 10.8. The third-order valence-corrected chi connectivity index (χ3v) is 2.92. The Hall–Kier alpha value is -1.75. The van der Waals surface area contributed by atoms with Crippen LogP contribution in [0.4, 0.5) is 14.5 Å². The van der Waals surface area contributed by atoms with Gasteiger partial charge in [0.15, 0.2) is 0 Å². The quantitative estimate of drug-likeness (QED) is 0.903. The Morgan fingerprint density at radius 2 is 2.05 bits per heavy atom. The number of nitrogens with zero attached hydrogens (tertiary/aromatic N) is 2. The van der Waals surface area contributed by atoms with Crippen LogP contribution in [0.2, 0.25) is 0 Å². The first-order valence-electron chi connectivity index (χ1n) is 6.21. The van der Waals surface area contributed by atoms with Crippen LogP contribution in [0.1, 0.15) is 5.69 Å². The van der Waals surface area contributed by atoms with Gasteiger partial charge in [-0.05, 0) is 19.1 Å². The van der Waals surface area contributed by atoms with Crippen LogP contribution in [0, 0.1) is 6.92 Å². The fourth-order valence-corrected chi connectivity index (χ4v) is 2.18. The van der Waals surface area contributed by atoms with Crippen molar-refractivity contribution in [3.05, 3.63) is 36.0 Å². The van der Waals surface area contributed by atoms with Gasteiger partial charge in [-0.15, -0.1) is 0 Å². The van der Waals surface area contributed by atoms with Crippen LogP contribution in [0.15, 0.2) is 30.3 Å². The lowest BCUT2D eigenvalue weighted by atomic mass is 10.1. The molecule has 0 aliphatic heterocycles. The summed E-state index contributed by atoms with van der Waals surface area (Å²) in [6.45, 7) is 2.28. The van der Waals surface area contributed by atoms with Crippen LogP contribution < -0.4 is 10.6 Å². The van der Waals surface area contributed by atoms with Crippen molar-refractivity contribution in [2.24, 2.45) is 5.73 Å². The van der Waals surface area contributed by atoms with Gasteiger partial charge in [-0.2, -0.15) is 0 Å². The molecule has 2 aromatic rings. The first kappa shape index (κ1) is 13.7. The molecule has 2 rings (SSSR count). The van der Waals surface area contributed by atoms with E-state index in [4.69, 9.17) is 5.73 Å². The van der Waals surface area contributed by atoms with Crippen molar-refractivity contribution >= 4 is 16.6 Å². The average molecular weight is 265 g/mol. The molecule has 1 aromatic carbocycles. The van der Waals surface area contributed by atoms with Crippen LogP contribution in [-0.2, 0) is 0 Å². The molecule has 102 valence electrons. The molecule has 0 spiro atoms. The summed E-state index contributed by atoms with van der Waals surface area (Å²) in [6, 6.07) is 9.38. The van der Waals surface area contributed by atoms with E-state index in [1.807, 2.05) is 37.3 Å². The average Bonchev–Trinajstić information content (AvgIpc) is 2.36. The molecule has 0 bridgehead atoms. The first-order chi connectivity index (χ1) is 9.11. The molecule has 0 saturated carbocycles. The number of para-hydroxylation sites is 1. The summed E-state index contributed by atoms with van der Waals surface area (Å²) in [5.74, 6) is 0. The molecule has 5 heteroatoms. The van der Waals surface area contributed by atoms with Gasteiger partial charge in [0.1, 0.15) is 0 Å². The Balaban J connectivity index is 2.51. The summed E-state index contributed by atoms with van der Waals surface area (Å²) in [5, 5.41) is 0.877. The Morgan fingerprint density at radius 1 is 1.32 bits per heavy atom. The topological polar surface area (TPSA) is 42.1 Å². The number of hydrogen-bond acceptors (Lipinski definition) is 3. The fourth-order valence-electron chi connectivity index (χ4n) is 2.18. The highest BCUT2D eigenvalue weighted by Crippen LogP contribution is 2.27. The molecule has 0 aliphatic rings. The molecule has 19 heavy (non-hydrogen) atoms. The number of aryl methyl sites for hydroxylation is 1. The maximum Gasteiger partial charge on any atom is 0.255 e. The van der Waals surface area contributed by atoms with E-state index >= 15 is 0 Å². The first-order valence-corrected chi connectivity index (χ1v) is 6.21. The van der Waals surface area contributed by atoms with E-state index in [1.54, 1.807) is 4.90 Å². The zero-order chi connectivity index (χ0) is 13.8. The highest BCUT2D eigenvalue weighted by Gasteiger charge is 2.15. The lowest BCUT2D eigenvalue weighted by molar-refractivity contribution is 0.155. The van der Waals surface area contributed by atoms with Gasteiger partial charge in [-0.25, -0.2) is 8.78 Å². The second kappa shape index (κ2) is 5.93. The number of hydrogen-bond donors (Lipinski definition) is 1. The third-order valence-electron chi connectivity index (χ3n) is 2.92. The summed E-state index contributed by atoms with van der Waals surface area (Å²) in [4.78, 5) is 6.04. The Bertz CT molecular complexity index is 557. The van der Waals surface area contributed by atoms with Crippen LogP contribution in [0.3, 0.4) is 0 Å². The van der Waals surface area contributed by atoms with Crippen LogP contribution in [0.25, 0.3) is 10.9 Å². The molecule has 2 N–H and O–H groups in total. The normalized spacial score (nSPS) is 11.2. The molecule has 0 radical (unpaired) electrons. The van der Waals surface area contributed by atoms with E-state index in [0.717, 1.165) is 22.3 Å². The van der Waals surface area contributed by atoms with Gasteiger partial charge >= 0.3 is 0 Å². The maximum atomic E-state index is 12.7. The van der Waals surface area contributed by atoms with Gasteiger partial charge < -0.3 is 10.6 Å². The van der Waals surface area contributed by atoms with Crippen LogP contribution in [0.5, 0.6) is 0 Å². The van der Waals surface area contributed by atoms with E-state index in [-0.39, 0.29) is 6.54 Å². The number of nitrogens with two attached hydrogens (primary N) is 1. The minimum Gasteiger partial charge on any atom is -0.364 e. The van der Waals surface area contributed by atoms with Crippen molar-refractivity contribution in [1.82, 2.24) is 4.98 Å². The van der Waals surface area contributed by atoms with Gasteiger partial charge in [0.2, 0.25) is 0 Å². The predicted octanol–water partition coefficient (Wildman–Crippen LogP) is 2.57. The highest BCUT2D eigenvalue weighted by molar-refractivity contribution is 5.91. The fraction of sp³-hybridized carbons (Fsp3) is 0.357. The molecule has 0 saturated heterocycles. The summed E-state index contributed by atoms with van der Waals surface area (Å²) < 4.78 is 25.4. The van der Waals surface area contributed by atoms with E-state index in [1.165, 1.54) is 0 Å². The molecular weight excluding hydrogens is 248 g/mol. The SMILES string of the molecule is Cc1cc(N(CCN)CC(F)F)c2ccccc2n1. The predicted molar refractivity (Wildman–Crippen MR) is 73.8 cm³/mol. The summed E-state index contributed by atoms with van der Waals surface area (Å²) in [7, 11) is 0. The Morgan fingerprint density at radius 3 is 2.74 bits per heavy atom. The maximum absolute atomic E-state index is 12.7. The Labute approximate surface area is 111 Å². The molecule has 1 aromatic heterocycles. The summed E-state index contributed by atoms with van der Waals surface area (Å²) in [6.07, 6.45) is -2.39. The second-order valence-electron chi connectivity index (χ2n) is 4.43. The van der Waals surface area contributed by atoms with E-state index in [2.05, 4.69) is 4.98 Å². The lowest BCUT2D eigenvalue weighted by Gasteiger charge is -2.25. The van der Waals surface area contributed by atoms with E-state index in [9.17, 15) is 8.78 Å². The number of aromatic nitrogens is 1. The number of fused-ring (bicyclic) bond motifs is 1. The minimum atomic E-state index is -2.39. The van der Waals surface area contributed by atoms with Crippen molar-refractivity contribution < 1.29 is 8.78 Å². The van der Waals surface area contributed by atoms with E-state index < -0.39 is 6.43 Å². The number of halogens is 2. The van der Waals surface area contributed by atoms with E-state index in [0.29, 0.717) is 13.1 Å². The molecule has 0 aliphatic carbocycles. The molecular formula is C14H17F2N3. The van der Waals surface area contributed by atoms with Crippen molar-refractivity contribution in [2.45, 2.75) is 13.3 Å². The molecule has 0 atom stereocenters. The number of benzene rings is 1. The zero-order valence-electron chi connectivity index (χ0n) is 10.8. The number of rotatable bonds is 5. The van der Waals surface area contributed by atoms with Crippen molar-refractivity contribution in [2.75, 3.05) is 24.5 Å². The Kier molecular flexibility index (Phi) is 4.27. The van der Waals surface area contributed by atoms with Gasteiger partial charge in [0.25, 0.3) is 6.43 Å². The van der Waals surface area contributed by atoms with Crippen molar-refractivity contribution in [1.29, 1.82) is 0 Å². The standard InChI is InChI=1S/C14H17F2N3/c1-10-8-13(19(7-6-17)9-14(15)16)11-4-2-3-5-12(11)18-10/h2-5,8,14H,6-7,9,17H2,1H3. The lowest BCUT2D eigenvalue weighted by Crippen LogP contribution is -2.33. The highest BCUT2D eigenvalue weighted by atomic mass is 19.3. The molecule has 3 nitrogen and oxygen atoms in total. The summed E-state index contributed by atoms with van der Waals surface area (Å²) >= 11 is 0. The largest absolute Gasteiger partial charge is 0.364 e. The number of pyridine rings is 1. The van der Waals surface area contributed by atoms with Gasteiger partial charge in [-0.1, -0.05) is 18.2 Å². The second-order valence-corrected chi connectivity index (χ2v) is 4.43. The molecule has 0 amide bonds. The number of alkyl halides is 2. The smallest absolute Gasteiger partial charge is 0.255 e. The van der Waals surface area contributed by atoms with Crippen molar-refractivity contribution in [3.8, 4) is 0 Å². The molecule has 0 unspecified atom stereocenters. The third kappa shape index (κ3) is 3.17. The van der Waals surface area contributed by atoms with Gasteiger partial charge in [-0.3, -0.25) is 4.98 Å². The minimum absolute atomic E-state index is 0.315. The van der Waals surface area contributed by atoms with Crippen molar-refractivity contribution in [3.63, 3.8) is 0 Å².